The van der Waals surface area contributed by atoms with Gasteiger partial charge >= 0.3 is 11.8 Å². The first-order valence-corrected chi connectivity index (χ1v) is 10.8. The van der Waals surface area contributed by atoms with Crippen molar-refractivity contribution in [3.05, 3.63) is 63.6 Å². The third kappa shape index (κ3) is 5.99. The van der Waals surface area contributed by atoms with Gasteiger partial charge in [0.15, 0.2) is 0 Å². The predicted octanol–water partition coefficient (Wildman–Crippen LogP) is 4.19. The van der Waals surface area contributed by atoms with E-state index in [0.29, 0.717) is 28.7 Å². The first-order valence-electron chi connectivity index (χ1n) is 10.1. The zero-order chi connectivity index (χ0) is 22.6. The fraction of sp³-hybridized carbons (Fsp3) is 0.348. The Balaban J connectivity index is 1.63. The molecule has 0 spiro atoms. The molecule has 2 aromatic carbocycles. The highest BCUT2D eigenvalue weighted by atomic mass is 35.5. The molecule has 0 unspecified atom stereocenters. The minimum absolute atomic E-state index is 0.0552. The summed E-state index contributed by atoms with van der Waals surface area (Å²) in [5, 5.41) is 6.65. The monoisotopic (exact) mass is 461 g/mol. The van der Waals surface area contributed by atoms with Crippen LogP contribution >= 0.6 is 23.2 Å². The van der Waals surface area contributed by atoms with Crippen LogP contribution in [0.25, 0.3) is 0 Å². The molecule has 0 aromatic heterocycles. The van der Waals surface area contributed by atoms with E-state index in [1.807, 2.05) is 12.1 Å². The summed E-state index contributed by atoms with van der Waals surface area (Å²) in [6.07, 6.45) is 3.06. The Morgan fingerprint density at radius 2 is 1.81 bits per heavy atom. The molecule has 0 radical (unpaired) electrons. The van der Waals surface area contributed by atoms with Gasteiger partial charge in [0.25, 0.3) is 0 Å². The summed E-state index contributed by atoms with van der Waals surface area (Å²) in [6.45, 7) is 1.90. The van der Waals surface area contributed by atoms with Crippen LogP contribution in [0.2, 0.25) is 10.0 Å². The second-order valence-corrected chi connectivity index (χ2v) is 8.87. The number of rotatable bonds is 6. The zero-order valence-electron chi connectivity index (χ0n) is 17.5. The highest BCUT2D eigenvalue weighted by Gasteiger charge is 2.40. The van der Waals surface area contributed by atoms with E-state index in [9.17, 15) is 14.4 Å². The van der Waals surface area contributed by atoms with Gasteiger partial charge in [-0.25, -0.2) is 0 Å². The van der Waals surface area contributed by atoms with E-state index in [1.54, 1.807) is 42.3 Å². The van der Waals surface area contributed by atoms with E-state index in [-0.39, 0.29) is 5.91 Å². The Morgan fingerprint density at radius 1 is 1.06 bits per heavy atom. The Morgan fingerprint density at radius 3 is 2.42 bits per heavy atom. The molecule has 0 bridgehead atoms. The molecule has 3 rings (SSSR count). The van der Waals surface area contributed by atoms with Crippen molar-refractivity contribution < 1.29 is 14.4 Å². The van der Waals surface area contributed by atoms with E-state index in [4.69, 9.17) is 23.2 Å². The molecule has 31 heavy (non-hydrogen) atoms. The summed E-state index contributed by atoms with van der Waals surface area (Å²) in [4.78, 5) is 38.1. The van der Waals surface area contributed by atoms with Crippen LogP contribution in [0.15, 0.2) is 42.5 Å². The molecule has 0 heterocycles. The van der Waals surface area contributed by atoms with Crippen LogP contribution in [0.1, 0.15) is 37.3 Å². The van der Waals surface area contributed by atoms with E-state index in [0.717, 1.165) is 30.4 Å². The fourth-order valence-electron chi connectivity index (χ4n) is 3.60. The third-order valence-corrected chi connectivity index (χ3v) is 6.17. The van der Waals surface area contributed by atoms with Gasteiger partial charge in [0.1, 0.15) is 0 Å². The van der Waals surface area contributed by atoms with Crippen LogP contribution in [-0.4, -0.2) is 35.2 Å². The lowest BCUT2D eigenvalue weighted by Gasteiger charge is -2.42. The second-order valence-electron chi connectivity index (χ2n) is 8.03. The number of nitrogens with zero attached hydrogens (tertiary/aromatic N) is 1. The van der Waals surface area contributed by atoms with Gasteiger partial charge in [-0.2, -0.15) is 0 Å². The van der Waals surface area contributed by atoms with Crippen molar-refractivity contribution in [2.75, 3.05) is 12.4 Å². The number of nitrogens with one attached hydrogen (secondary N) is 2. The summed E-state index contributed by atoms with van der Waals surface area (Å²) in [7, 11) is 1.70. The second kappa shape index (κ2) is 9.71. The van der Waals surface area contributed by atoms with Crippen LogP contribution in [0.5, 0.6) is 0 Å². The lowest BCUT2D eigenvalue weighted by molar-refractivity contribution is -0.138. The normalized spacial score (nSPS) is 14.3. The van der Waals surface area contributed by atoms with Crippen molar-refractivity contribution >= 4 is 46.6 Å². The largest absolute Gasteiger partial charge is 0.342 e. The molecule has 2 N–H and O–H groups in total. The molecule has 164 valence electrons. The quantitative estimate of drug-likeness (QED) is 0.632. The SMILES string of the molecule is CC(=O)N(C)Cc1cccc(NC(=O)C(=O)NC2(Cc3ccc(Cl)cc3Cl)CCC2)c1. The molecule has 6 nitrogen and oxygen atoms in total. The van der Waals surface area contributed by atoms with E-state index < -0.39 is 17.4 Å². The van der Waals surface area contributed by atoms with Crippen molar-refractivity contribution in [1.82, 2.24) is 10.2 Å². The summed E-state index contributed by atoms with van der Waals surface area (Å²) in [6, 6.07) is 12.4. The lowest BCUT2D eigenvalue weighted by atomic mass is 9.72. The van der Waals surface area contributed by atoms with Gasteiger partial charge in [-0.1, -0.05) is 41.4 Å². The van der Waals surface area contributed by atoms with E-state index >= 15 is 0 Å². The highest BCUT2D eigenvalue weighted by Crippen LogP contribution is 2.37. The van der Waals surface area contributed by atoms with Crippen LogP contribution in [0.3, 0.4) is 0 Å². The molecular weight excluding hydrogens is 437 g/mol. The molecule has 2 aromatic rings. The Labute approximate surface area is 191 Å². The third-order valence-electron chi connectivity index (χ3n) is 5.58. The minimum Gasteiger partial charge on any atom is -0.342 e. The van der Waals surface area contributed by atoms with Crippen molar-refractivity contribution in [3.8, 4) is 0 Å². The molecule has 8 heteroatoms. The summed E-state index contributed by atoms with van der Waals surface area (Å²) < 4.78 is 0. The Hall–Kier alpha value is -2.57. The first kappa shape index (κ1) is 23.1. The van der Waals surface area contributed by atoms with Crippen molar-refractivity contribution in [2.45, 2.75) is 44.7 Å². The number of benzene rings is 2. The molecule has 0 saturated heterocycles. The molecule has 1 aliphatic carbocycles. The van der Waals surface area contributed by atoms with Gasteiger partial charge in [0.2, 0.25) is 5.91 Å². The lowest BCUT2D eigenvalue weighted by Crippen LogP contribution is -2.57. The first-order chi connectivity index (χ1) is 14.7. The average Bonchev–Trinajstić information content (AvgIpc) is 2.68. The number of anilines is 1. The van der Waals surface area contributed by atoms with Gasteiger partial charge in [-0.15, -0.1) is 0 Å². The van der Waals surface area contributed by atoms with Gasteiger partial charge in [0, 0.05) is 41.8 Å². The predicted molar refractivity (Wildman–Crippen MR) is 122 cm³/mol. The molecule has 0 aliphatic heterocycles. The summed E-state index contributed by atoms with van der Waals surface area (Å²) in [5.74, 6) is -1.47. The number of hydrogen-bond donors (Lipinski definition) is 2. The van der Waals surface area contributed by atoms with E-state index in [2.05, 4.69) is 10.6 Å². The number of carbonyl (C=O) groups excluding carboxylic acids is 3. The van der Waals surface area contributed by atoms with Gasteiger partial charge in [0.05, 0.1) is 0 Å². The number of carbonyl (C=O) groups is 3. The topological polar surface area (TPSA) is 78.5 Å². The van der Waals surface area contributed by atoms with Crippen LogP contribution in [0.4, 0.5) is 5.69 Å². The molecule has 1 saturated carbocycles. The maximum absolute atomic E-state index is 12.6. The minimum atomic E-state index is -0.731. The smallest absolute Gasteiger partial charge is 0.313 e. The summed E-state index contributed by atoms with van der Waals surface area (Å²) >= 11 is 12.3. The van der Waals surface area contributed by atoms with Crippen LogP contribution < -0.4 is 10.6 Å². The van der Waals surface area contributed by atoms with Crippen LogP contribution in [-0.2, 0) is 27.3 Å². The van der Waals surface area contributed by atoms with Crippen molar-refractivity contribution in [3.63, 3.8) is 0 Å². The average molecular weight is 462 g/mol. The van der Waals surface area contributed by atoms with Crippen molar-refractivity contribution in [1.29, 1.82) is 0 Å². The summed E-state index contributed by atoms with van der Waals surface area (Å²) in [5.41, 5.74) is 1.74. The molecule has 1 aliphatic rings. The molecule has 0 atom stereocenters. The molecule has 3 amide bonds. The number of amides is 3. The molecule has 1 fully saturated rings. The van der Waals surface area contributed by atoms with E-state index in [1.165, 1.54) is 6.92 Å². The molecular formula is C23H25Cl2N3O3. The van der Waals surface area contributed by atoms with Gasteiger partial charge in [-0.3, -0.25) is 14.4 Å². The standard InChI is InChI=1S/C23H25Cl2N3O3/c1-15(29)28(2)14-16-5-3-6-19(11-16)26-21(30)22(31)27-23(9-4-10-23)13-17-7-8-18(24)12-20(17)25/h3,5-8,11-12H,4,9-10,13-14H2,1-2H3,(H,26,30)(H,27,31). The maximum atomic E-state index is 12.6. The number of halogens is 2. The van der Waals surface area contributed by atoms with Gasteiger partial charge < -0.3 is 15.5 Å². The zero-order valence-corrected chi connectivity index (χ0v) is 19.0. The fourth-order valence-corrected chi connectivity index (χ4v) is 4.07. The number of hydrogen-bond acceptors (Lipinski definition) is 3. The van der Waals surface area contributed by atoms with Crippen molar-refractivity contribution in [2.24, 2.45) is 0 Å². The Bertz CT molecular complexity index is 1010. The van der Waals surface area contributed by atoms with Gasteiger partial charge in [-0.05, 0) is 61.1 Å². The Kier molecular flexibility index (Phi) is 7.23. The highest BCUT2D eigenvalue weighted by molar-refractivity contribution is 6.39. The van der Waals surface area contributed by atoms with Crippen LogP contribution in [0, 0.1) is 0 Å². The maximum Gasteiger partial charge on any atom is 0.313 e.